The molecule has 1 aliphatic heterocycles. The van der Waals surface area contributed by atoms with Crippen molar-refractivity contribution in [3.8, 4) is 19.5 Å². The molecule has 0 saturated heterocycles. The van der Waals surface area contributed by atoms with Gasteiger partial charge in [0, 0.05) is 42.4 Å². The molecule has 0 saturated carbocycles. The summed E-state index contributed by atoms with van der Waals surface area (Å²) in [6, 6.07) is 4.94. The van der Waals surface area contributed by atoms with Gasteiger partial charge in [0.15, 0.2) is 0 Å². The fourth-order valence-corrected chi connectivity index (χ4v) is 12.1. The summed E-state index contributed by atoms with van der Waals surface area (Å²) in [4.78, 5) is 47.8. The van der Waals surface area contributed by atoms with Gasteiger partial charge in [-0.1, -0.05) is 123 Å². The highest BCUT2D eigenvalue weighted by Crippen LogP contribution is 2.61. The van der Waals surface area contributed by atoms with Gasteiger partial charge in [-0.25, -0.2) is 4.79 Å². The Hall–Kier alpha value is -2.55. The monoisotopic (exact) mass is 763 g/mol. The number of fused-ring (bicyclic) bond motifs is 4. The van der Waals surface area contributed by atoms with E-state index in [2.05, 4.69) is 39.5 Å². The van der Waals surface area contributed by atoms with Gasteiger partial charge in [0.05, 0.1) is 22.6 Å². The Morgan fingerprint density at radius 2 is 1.23 bits per heavy atom. The van der Waals surface area contributed by atoms with Gasteiger partial charge in [0.1, 0.15) is 0 Å². The van der Waals surface area contributed by atoms with Crippen molar-refractivity contribution in [2.45, 2.75) is 162 Å². The Morgan fingerprint density at radius 1 is 0.692 bits per heavy atom. The highest BCUT2D eigenvalue weighted by atomic mass is 32.1. The van der Waals surface area contributed by atoms with E-state index in [1.807, 2.05) is 29.6 Å². The van der Waals surface area contributed by atoms with Crippen LogP contribution in [0.1, 0.15) is 184 Å². The second kappa shape index (κ2) is 19.7. The molecular formula is C44H61NO4S3. The normalized spacial score (nSPS) is 14.3. The lowest BCUT2D eigenvalue weighted by Gasteiger charge is -2.31. The Labute approximate surface area is 325 Å². The molecule has 0 spiro atoms. The number of ether oxygens (including phenoxy) is 1. The largest absolute Gasteiger partial charge is 0.463 e. The van der Waals surface area contributed by atoms with E-state index in [1.165, 1.54) is 121 Å². The van der Waals surface area contributed by atoms with E-state index in [-0.39, 0.29) is 23.2 Å². The Bertz CT molecular complexity index is 1660. The Morgan fingerprint density at radius 3 is 1.87 bits per heavy atom. The molecule has 0 radical (unpaired) electrons. The van der Waals surface area contributed by atoms with Crippen LogP contribution in [0.3, 0.4) is 0 Å². The van der Waals surface area contributed by atoms with Gasteiger partial charge in [-0.3, -0.25) is 14.5 Å². The third-order valence-electron chi connectivity index (χ3n) is 11.2. The molecule has 0 aromatic carbocycles. The minimum atomic E-state index is -0.373. The Kier molecular flexibility index (Phi) is 15.4. The first-order valence-corrected chi connectivity index (χ1v) is 22.8. The topological polar surface area (TPSA) is 63.7 Å². The molecule has 5 nitrogen and oxygen atoms in total. The van der Waals surface area contributed by atoms with E-state index in [4.69, 9.17) is 4.74 Å². The summed E-state index contributed by atoms with van der Waals surface area (Å²) in [5.74, 6) is -0.610. The van der Waals surface area contributed by atoms with Gasteiger partial charge in [0.25, 0.3) is 11.8 Å². The lowest BCUT2D eigenvalue weighted by atomic mass is 9.71. The highest BCUT2D eigenvalue weighted by molar-refractivity contribution is 7.27. The fraction of sp³-hybridized carbons (Fsp3) is 0.614. The van der Waals surface area contributed by atoms with Crippen molar-refractivity contribution in [1.82, 2.24) is 4.90 Å². The fourth-order valence-electron chi connectivity index (χ4n) is 8.34. The number of nitrogens with zero attached hydrogens (tertiary/aromatic N) is 1. The van der Waals surface area contributed by atoms with E-state index >= 15 is 0 Å². The highest BCUT2D eigenvalue weighted by Gasteiger charge is 2.46. The van der Waals surface area contributed by atoms with Gasteiger partial charge < -0.3 is 4.74 Å². The molecule has 2 amide bonds. The number of imide groups is 1. The molecule has 3 aromatic rings. The van der Waals surface area contributed by atoms with Crippen LogP contribution in [-0.2, 0) is 14.9 Å². The average Bonchev–Trinajstić information content (AvgIpc) is 3.92. The van der Waals surface area contributed by atoms with Crippen LogP contribution < -0.4 is 0 Å². The minimum Gasteiger partial charge on any atom is -0.463 e. The van der Waals surface area contributed by atoms with Gasteiger partial charge in [-0.05, 0) is 62.8 Å². The molecule has 4 heterocycles. The van der Waals surface area contributed by atoms with Crippen molar-refractivity contribution in [2.24, 2.45) is 0 Å². The van der Waals surface area contributed by atoms with E-state index in [0.29, 0.717) is 24.3 Å². The maximum atomic E-state index is 14.0. The van der Waals surface area contributed by atoms with Crippen molar-refractivity contribution < 1.29 is 19.1 Å². The molecule has 0 atom stereocenters. The Balaban J connectivity index is 1.32. The average molecular weight is 764 g/mol. The van der Waals surface area contributed by atoms with Crippen molar-refractivity contribution >= 4 is 51.8 Å². The zero-order valence-corrected chi connectivity index (χ0v) is 34.7. The molecule has 0 fully saturated rings. The molecule has 2 aliphatic rings. The summed E-state index contributed by atoms with van der Waals surface area (Å²) in [5, 5.41) is 0. The molecular weight excluding hydrogens is 703 g/mol. The minimum absolute atomic E-state index is 0.0388. The lowest BCUT2D eigenvalue weighted by Crippen LogP contribution is -2.31. The molecule has 284 valence electrons. The molecule has 5 rings (SSSR count). The summed E-state index contributed by atoms with van der Waals surface area (Å²) >= 11 is 5.44. The summed E-state index contributed by atoms with van der Waals surface area (Å²) in [7, 11) is 0. The zero-order valence-electron chi connectivity index (χ0n) is 32.3. The third-order valence-corrected chi connectivity index (χ3v) is 14.8. The molecule has 1 aliphatic carbocycles. The maximum absolute atomic E-state index is 14.0. The lowest BCUT2D eigenvalue weighted by molar-refractivity contribution is -0.137. The molecule has 0 N–H and O–H groups in total. The smallest absolute Gasteiger partial charge is 0.330 e. The number of amides is 2. The molecule has 52 heavy (non-hydrogen) atoms. The van der Waals surface area contributed by atoms with Crippen LogP contribution >= 0.6 is 34.0 Å². The van der Waals surface area contributed by atoms with Gasteiger partial charge in [0.2, 0.25) is 0 Å². The quantitative estimate of drug-likeness (QED) is 0.0373. The van der Waals surface area contributed by atoms with Crippen molar-refractivity contribution in [3.63, 3.8) is 0 Å². The number of thiophene rings is 3. The van der Waals surface area contributed by atoms with E-state index in [9.17, 15) is 14.4 Å². The van der Waals surface area contributed by atoms with Gasteiger partial charge >= 0.3 is 5.97 Å². The zero-order chi connectivity index (χ0) is 37.1. The number of hydrogen-bond donors (Lipinski definition) is 0. The number of carbonyl (C=O) groups excluding carboxylic acids is 3. The summed E-state index contributed by atoms with van der Waals surface area (Å²) in [5.41, 5.74) is 4.36. The predicted octanol–water partition coefficient (Wildman–Crippen LogP) is 13.6. The standard InChI is InChI=1S/C44H61NO4S3/c1-6-9-11-13-17-21-25-44(26-22-18-14-12-10-7-2)33-29-31(4)50-39(33)40-34(44)30-35(52-40)41-38-37(32(5)51-41)42(47)45(43(38)48)27-23-19-15-16-20-24-28-49-36(46)8-3/h8,29-30H,3,6-7,9-28H2,1-2,4-5H3. The van der Waals surface area contributed by atoms with E-state index in [1.54, 1.807) is 16.9 Å². The van der Waals surface area contributed by atoms with Crippen molar-refractivity contribution in [2.75, 3.05) is 13.2 Å². The summed E-state index contributed by atoms with van der Waals surface area (Å²) in [6.45, 7) is 13.2. The number of hydrogen-bond acceptors (Lipinski definition) is 7. The summed E-state index contributed by atoms with van der Waals surface area (Å²) in [6.07, 6.45) is 24.8. The molecule has 3 aromatic heterocycles. The number of unbranched alkanes of at least 4 members (excludes halogenated alkanes) is 15. The molecule has 8 heteroatoms. The maximum Gasteiger partial charge on any atom is 0.330 e. The first-order valence-electron chi connectivity index (χ1n) is 20.3. The van der Waals surface area contributed by atoms with Crippen LogP contribution in [0.2, 0.25) is 0 Å². The predicted molar refractivity (Wildman–Crippen MR) is 221 cm³/mol. The van der Waals surface area contributed by atoms with Gasteiger partial charge in [-0.2, -0.15) is 0 Å². The van der Waals surface area contributed by atoms with Crippen molar-refractivity contribution in [1.29, 1.82) is 0 Å². The van der Waals surface area contributed by atoms with Crippen LogP contribution in [-0.4, -0.2) is 35.8 Å². The van der Waals surface area contributed by atoms with E-state index in [0.717, 1.165) is 53.2 Å². The third kappa shape index (κ3) is 9.21. The van der Waals surface area contributed by atoms with Crippen LogP contribution in [0.5, 0.6) is 0 Å². The molecule has 0 unspecified atom stereocenters. The molecule has 0 bridgehead atoms. The second-order valence-electron chi connectivity index (χ2n) is 15.1. The number of esters is 1. The number of aryl methyl sites for hydroxylation is 2. The number of carbonyl (C=O) groups is 3. The van der Waals surface area contributed by atoms with E-state index < -0.39 is 0 Å². The van der Waals surface area contributed by atoms with Crippen LogP contribution in [0, 0.1) is 13.8 Å². The summed E-state index contributed by atoms with van der Waals surface area (Å²) < 4.78 is 5.05. The SMILES string of the molecule is C=CC(=O)OCCCCCCCCN1C(=O)c2c(C)sc(-c3cc4c(s3)-c3sc(C)cc3C4(CCCCCCCC)CCCCCCCC)c2C1=O. The van der Waals surface area contributed by atoms with Crippen molar-refractivity contribution in [3.05, 3.63) is 56.8 Å². The number of rotatable bonds is 25. The van der Waals surface area contributed by atoms with Crippen LogP contribution in [0.15, 0.2) is 24.8 Å². The van der Waals surface area contributed by atoms with Crippen LogP contribution in [0.25, 0.3) is 19.5 Å². The van der Waals surface area contributed by atoms with Gasteiger partial charge in [-0.15, -0.1) is 34.0 Å². The first kappa shape index (κ1) is 40.6. The second-order valence-corrected chi connectivity index (χ2v) is 18.6. The van der Waals surface area contributed by atoms with Crippen LogP contribution in [0.4, 0.5) is 0 Å². The first-order chi connectivity index (χ1) is 25.3.